The summed E-state index contributed by atoms with van der Waals surface area (Å²) < 4.78 is 1.83. The van der Waals surface area contributed by atoms with Crippen LogP contribution < -0.4 is 10.6 Å². The number of hydrogen-bond donors (Lipinski definition) is 2. The third-order valence-corrected chi connectivity index (χ3v) is 4.45. The van der Waals surface area contributed by atoms with Crippen molar-refractivity contribution in [3.05, 3.63) is 47.8 Å². The first-order valence-corrected chi connectivity index (χ1v) is 8.06. The number of pyridine rings is 1. The van der Waals surface area contributed by atoms with E-state index in [1.165, 1.54) is 0 Å². The molecular weight excluding hydrogens is 328 g/mol. The number of fused-ring (bicyclic) bond motifs is 2. The van der Waals surface area contributed by atoms with E-state index in [2.05, 4.69) is 25.7 Å². The Morgan fingerprint density at radius 2 is 2.17 bits per heavy atom. The monoisotopic (exact) mass is 342 g/mol. The summed E-state index contributed by atoms with van der Waals surface area (Å²) in [4.78, 5) is 20.6. The maximum atomic E-state index is 12.3. The average molecular weight is 343 g/mol. The number of anilines is 1. The molecule has 2 amide bonds. The molecule has 0 bridgehead atoms. The van der Waals surface area contributed by atoms with Crippen molar-refractivity contribution in [2.75, 3.05) is 5.32 Å². The number of carbonyl (C=O) groups excluding carboxylic acids is 1. The summed E-state index contributed by atoms with van der Waals surface area (Å²) in [5, 5.41) is 12.1. The first kappa shape index (κ1) is 14.9. The Balaban J connectivity index is 1.48. The largest absolute Gasteiger partial charge is 0.333 e. The molecule has 24 heavy (non-hydrogen) atoms. The number of carbonyl (C=O) groups is 1. The Hall–Kier alpha value is -2.67. The Kier molecular flexibility index (Phi) is 3.78. The van der Waals surface area contributed by atoms with Gasteiger partial charge < -0.3 is 10.6 Å². The maximum Gasteiger partial charge on any atom is 0.319 e. The molecule has 4 rings (SSSR count). The van der Waals surface area contributed by atoms with Crippen molar-refractivity contribution in [2.24, 2.45) is 0 Å². The highest BCUT2D eigenvalue weighted by atomic mass is 35.5. The molecule has 0 spiro atoms. The van der Waals surface area contributed by atoms with Gasteiger partial charge in [0.2, 0.25) is 0 Å². The van der Waals surface area contributed by atoms with E-state index in [9.17, 15) is 4.79 Å². The van der Waals surface area contributed by atoms with Crippen LogP contribution in [0.2, 0.25) is 5.15 Å². The molecule has 0 fully saturated rings. The molecule has 1 unspecified atom stereocenters. The van der Waals surface area contributed by atoms with Crippen molar-refractivity contribution >= 4 is 34.1 Å². The quantitative estimate of drug-likeness (QED) is 0.701. The summed E-state index contributed by atoms with van der Waals surface area (Å²) in [7, 11) is 0. The van der Waals surface area contributed by atoms with Gasteiger partial charge in [0.25, 0.3) is 0 Å². The number of rotatable bonds is 2. The Morgan fingerprint density at radius 1 is 1.25 bits per heavy atom. The van der Waals surface area contributed by atoms with Gasteiger partial charge >= 0.3 is 6.03 Å². The van der Waals surface area contributed by atoms with Crippen LogP contribution >= 0.6 is 11.6 Å². The van der Waals surface area contributed by atoms with Crippen molar-refractivity contribution in [3.63, 3.8) is 0 Å². The second-order valence-corrected chi connectivity index (χ2v) is 6.05. The molecule has 2 N–H and O–H groups in total. The normalized spacial score (nSPS) is 16.6. The summed E-state index contributed by atoms with van der Waals surface area (Å²) in [6.45, 7) is 0.633. The van der Waals surface area contributed by atoms with Gasteiger partial charge in [-0.05, 0) is 18.6 Å². The SMILES string of the molecule is O=C(Nc1cccc2c(Cl)nccc12)NC1CCc2ncnn2C1. The van der Waals surface area contributed by atoms with E-state index in [4.69, 9.17) is 11.6 Å². The van der Waals surface area contributed by atoms with Gasteiger partial charge in [-0.3, -0.25) is 0 Å². The molecule has 0 saturated heterocycles. The van der Waals surface area contributed by atoms with Gasteiger partial charge in [-0.2, -0.15) is 5.10 Å². The summed E-state index contributed by atoms with van der Waals surface area (Å²) >= 11 is 6.10. The molecule has 8 heteroatoms. The van der Waals surface area contributed by atoms with E-state index in [0.29, 0.717) is 17.4 Å². The number of hydrogen-bond acceptors (Lipinski definition) is 4. The Morgan fingerprint density at radius 3 is 3.08 bits per heavy atom. The summed E-state index contributed by atoms with van der Waals surface area (Å²) in [5.41, 5.74) is 0.701. The number of benzene rings is 1. The third-order valence-electron chi connectivity index (χ3n) is 4.15. The number of halogens is 1. The summed E-state index contributed by atoms with van der Waals surface area (Å²) in [6, 6.07) is 7.17. The maximum absolute atomic E-state index is 12.3. The number of nitrogens with one attached hydrogen (secondary N) is 2. The van der Waals surface area contributed by atoms with Gasteiger partial charge in [0.05, 0.1) is 18.3 Å². The van der Waals surface area contributed by atoms with Gasteiger partial charge in [0.15, 0.2) is 0 Å². The summed E-state index contributed by atoms with van der Waals surface area (Å²) in [6.07, 6.45) is 4.82. The van der Waals surface area contributed by atoms with Gasteiger partial charge in [-0.15, -0.1) is 0 Å². The van der Waals surface area contributed by atoms with E-state index in [-0.39, 0.29) is 12.1 Å². The molecule has 122 valence electrons. The highest BCUT2D eigenvalue weighted by molar-refractivity contribution is 6.34. The molecule has 7 nitrogen and oxygen atoms in total. The van der Waals surface area contributed by atoms with Crippen LogP contribution in [0.5, 0.6) is 0 Å². The van der Waals surface area contributed by atoms with E-state index in [1.807, 2.05) is 28.9 Å². The fraction of sp³-hybridized carbons (Fsp3) is 0.250. The minimum absolute atomic E-state index is 0.0273. The van der Waals surface area contributed by atoms with Gasteiger partial charge in [0, 0.05) is 23.4 Å². The fourth-order valence-corrected chi connectivity index (χ4v) is 3.20. The Labute approximate surface area is 143 Å². The minimum atomic E-state index is -0.246. The van der Waals surface area contributed by atoms with Crippen LogP contribution in [0.15, 0.2) is 36.8 Å². The lowest BCUT2D eigenvalue weighted by molar-refractivity contribution is 0.243. The standard InChI is InChI=1S/C16H15ClN6O/c17-15-12-2-1-3-13(11(12)6-7-18-15)22-16(24)21-10-4-5-14-19-9-20-23(14)8-10/h1-3,6-7,9-10H,4-5,8H2,(H2,21,22,24). The molecule has 0 radical (unpaired) electrons. The zero-order valence-electron chi connectivity index (χ0n) is 12.7. The molecule has 1 atom stereocenters. The fourth-order valence-electron chi connectivity index (χ4n) is 2.98. The molecule has 0 saturated carbocycles. The van der Waals surface area contributed by atoms with Crippen molar-refractivity contribution in [3.8, 4) is 0 Å². The number of nitrogens with zero attached hydrogens (tertiary/aromatic N) is 4. The van der Waals surface area contributed by atoms with E-state index in [0.717, 1.165) is 29.4 Å². The highest BCUT2D eigenvalue weighted by Crippen LogP contribution is 2.27. The molecule has 2 aromatic heterocycles. The lowest BCUT2D eigenvalue weighted by Gasteiger charge is -2.23. The van der Waals surface area contributed by atoms with Crippen LogP contribution in [0.4, 0.5) is 10.5 Å². The third kappa shape index (κ3) is 2.78. The van der Waals surface area contributed by atoms with Crippen molar-refractivity contribution in [1.29, 1.82) is 0 Å². The summed E-state index contributed by atoms with van der Waals surface area (Å²) in [5.74, 6) is 0.963. The predicted octanol–water partition coefficient (Wildman–Crippen LogP) is 2.62. The molecule has 3 aromatic rings. The number of aromatic nitrogens is 4. The van der Waals surface area contributed by atoms with Crippen LogP contribution in [0.25, 0.3) is 10.8 Å². The van der Waals surface area contributed by atoms with E-state index < -0.39 is 0 Å². The highest BCUT2D eigenvalue weighted by Gasteiger charge is 2.21. The van der Waals surface area contributed by atoms with E-state index in [1.54, 1.807) is 12.5 Å². The molecule has 3 heterocycles. The van der Waals surface area contributed by atoms with Gasteiger partial charge in [0.1, 0.15) is 17.3 Å². The zero-order chi connectivity index (χ0) is 16.5. The molecule has 0 aliphatic carbocycles. The van der Waals surface area contributed by atoms with Crippen LogP contribution in [0.1, 0.15) is 12.2 Å². The molecule has 1 aromatic carbocycles. The van der Waals surface area contributed by atoms with Crippen molar-refractivity contribution < 1.29 is 4.79 Å². The number of amides is 2. The zero-order valence-corrected chi connectivity index (χ0v) is 13.5. The first-order valence-electron chi connectivity index (χ1n) is 7.68. The number of urea groups is 1. The smallest absolute Gasteiger partial charge is 0.319 e. The van der Waals surface area contributed by atoms with Gasteiger partial charge in [-0.1, -0.05) is 23.7 Å². The van der Waals surface area contributed by atoms with Crippen LogP contribution in [0, 0.1) is 0 Å². The molecule has 1 aliphatic heterocycles. The molecular formula is C16H15ClN6O. The first-order chi connectivity index (χ1) is 11.7. The van der Waals surface area contributed by atoms with Gasteiger partial charge in [-0.25, -0.2) is 19.4 Å². The Bertz CT molecular complexity index is 908. The molecule has 1 aliphatic rings. The topological polar surface area (TPSA) is 84.7 Å². The van der Waals surface area contributed by atoms with Crippen molar-refractivity contribution in [1.82, 2.24) is 25.1 Å². The lowest BCUT2D eigenvalue weighted by atomic mass is 10.1. The van der Waals surface area contributed by atoms with Crippen molar-refractivity contribution in [2.45, 2.75) is 25.4 Å². The second-order valence-electron chi connectivity index (χ2n) is 5.69. The van der Waals surface area contributed by atoms with Crippen LogP contribution in [0.3, 0.4) is 0 Å². The predicted molar refractivity (Wildman–Crippen MR) is 91.0 cm³/mol. The lowest BCUT2D eigenvalue weighted by Crippen LogP contribution is -2.43. The van der Waals surface area contributed by atoms with E-state index >= 15 is 0 Å². The minimum Gasteiger partial charge on any atom is -0.333 e. The number of aryl methyl sites for hydroxylation is 1. The average Bonchev–Trinajstić information content (AvgIpc) is 3.03. The van der Waals surface area contributed by atoms with Crippen LogP contribution in [-0.2, 0) is 13.0 Å². The second kappa shape index (κ2) is 6.09. The van der Waals surface area contributed by atoms with Crippen LogP contribution in [-0.4, -0.2) is 31.8 Å².